The molecule has 8 heteroatoms. The molecular weight excluding hydrogens is 404 g/mol. The lowest BCUT2D eigenvalue weighted by atomic mass is 10.1. The standard InChI is InChI=1S/C17H13BrN4O2S/c1-10(23)20-14-4-2-11(3-5-14)15-9-25-17(21-15)22-16(24)12-6-13(18)8-19-7-12/h2-9H,1H3,(H,20,23)(H,21,22,24). The molecule has 0 aliphatic rings. The molecule has 0 bridgehead atoms. The van der Waals surface area contributed by atoms with Crippen LogP contribution in [0.1, 0.15) is 17.3 Å². The van der Waals surface area contributed by atoms with Gasteiger partial charge in [-0.3, -0.25) is 19.9 Å². The predicted molar refractivity (Wildman–Crippen MR) is 102 cm³/mol. The molecule has 0 aliphatic heterocycles. The Hall–Kier alpha value is -2.58. The number of hydrogen-bond acceptors (Lipinski definition) is 5. The van der Waals surface area contributed by atoms with Gasteiger partial charge in [-0.25, -0.2) is 4.98 Å². The van der Waals surface area contributed by atoms with Gasteiger partial charge in [0.1, 0.15) is 0 Å². The van der Waals surface area contributed by atoms with E-state index in [4.69, 9.17) is 0 Å². The first-order valence-corrected chi connectivity index (χ1v) is 8.94. The lowest BCUT2D eigenvalue weighted by molar-refractivity contribution is -0.114. The molecular formula is C17H13BrN4O2S. The van der Waals surface area contributed by atoms with E-state index in [2.05, 4.69) is 36.5 Å². The Balaban J connectivity index is 1.72. The monoisotopic (exact) mass is 416 g/mol. The van der Waals surface area contributed by atoms with E-state index in [9.17, 15) is 9.59 Å². The molecule has 2 aromatic heterocycles. The van der Waals surface area contributed by atoms with Crippen molar-refractivity contribution < 1.29 is 9.59 Å². The van der Waals surface area contributed by atoms with Gasteiger partial charge in [0.05, 0.1) is 11.3 Å². The Kier molecular flexibility index (Phi) is 5.20. The van der Waals surface area contributed by atoms with E-state index < -0.39 is 0 Å². The maximum atomic E-state index is 12.2. The predicted octanol–water partition coefficient (Wildman–Crippen LogP) is 4.18. The summed E-state index contributed by atoms with van der Waals surface area (Å²) in [6.07, 6.45) is 3.11. The van der Waals surface area contributed by atoms with Crippen LogP contribution in [0, 0.1) is 0 Å². The molecule has 3 aromatic rings. The van der Waals surface area contributed by atoms with Crippen LogP contribution in [-0.2, 0) is 4.79 Å². The highest BCUT2D eigenvalue weighted by Gasteiger charge is 2.11. The molecule has 6 nitrogen and oxygen atoms in total. The fourth-order valence-corrected chi connectivity index (χ4v) is 3.18. The highest BCUT2D eigenvalue weighted by Crippen LogP contribution is 2.26. The van der Waals surface area contributed by atoms with Crippen molar-refractivity contribution >= 4 is 49.9 Å². The number of benzene rings is 1. The maximum Gasteiger partial charge on any atom is 0.259 e. The van der Waals surface area contributed by atoms with Crippen LogP contribution in [-0.4, -0.2) is 21.8 Å². The molecule has 25 heavy (non-hydrogen) atoms. The van der Waals surface area contributed by atoms with Crippen molar-refractivity contribution in [2.75, 3.05) is 10.6 Å². The molecule has 126 valence electrons. The zero-order valence-electron chi connectivity index (χ0n) is 13.1. The molecule has 0 saturated heterocycles. The molecule has 0 saturated carbocycles. The number of aromatic nitrogens is 2. The first-order valence-electron chi connectivity index (χ1n) is 7.27. The first kappa shape index (κ1) is 17.2. The van der Waals surface area contributed by atoms with Crippen molar-refractivity contribution in [3.05, 3.63) is 58.1 Å². The molecule has 2 amide bonds. The molecule has 0 fully saturated rings. The zero-order chi connectivity index (χ0) is 17.8. The third-order valence-electron chi connectivity index (χ3n) is 3.19. The molecule has 3 rings (SSSR count). The number of thiazole rings is 1. The van der Waals surface area contributed by atoms with Crippen LogP contribution in [0.3, 0.4) is 0 Å². The van der Waals surface area contributed by atoms with Crippen LogP contribution < -0.4 is 10.6 Å². The van der Waals surface area contributed by atoms with Gasteiger partial charge in [-0.05, 0) is 34.1 Å². The molecule has 0 unspecified atom stereocenters. The summed E-state index contributed by atoms with van der Waals surface area (Å²) in [6, 6.07) is 9.04. The van der Waals surface area contributed by atoms with Crippen LogP contribution in [0.25, 0.3) is 11.3 Å². The van der Waals surface area contributed by atoms with Crippen LogP contribution in [0.4, 0.5) is 10.8 Å². The third-order valence-corrected chi connectivity index (χ3v) is 4.38. The molecule has 0 spiro atoms. The number of halogens is 1. The average Bonchev–Trinajstić information content (AvgIpc) is 3.03. The summed E-state index contributed by atoms with van der Waals surface area (Å²) in [5, 5.41) is 7.85. The Morgan fingerprint density at radius 1 is 1.12 bits per heavy atom. The minimum atomic E-state index is -0.268. The average molecular weight is 417 g/mol. The van der Waals surface area contributed by atoms with Gasteiger partial charge >= 0.3 is 0 Å². The first-order chi connectivity index (χ1) is 12.0. The largest absolute Gasteiger partial charge is 0.326 e. The van der Waals surface area contributed by atoms with Crippen LogP contribution >= 0.6 is 27.3 Å². The van der Waals surface area contributed by atoms with Gasteiger partial charge in [-0.15, -0.1) is 11.3 Å². The van der Waals surface area contributed by atoms with Crippen LogP contribution in [0.2, 0.25) is 0 Å². The Bertz CT molecular complexity index is 924. The summed E-state index contributed by atoms with van der Waals surface area (Å²) in [4.78, 5) is 31.7. The molecule has 2 heterocycles. The van der Waals surface area contributed by atoms with E-state index >= 15 is 0 Å². The highest BCUT2D eigenvalue weighted by atomic mass is 79.9. The van der Waals surface area contributed by atoms with E-state index in [1.807, 2.05) is 29.6 Å². The van der Waals surface area contributed by atoms with E-state index in [1.165, 1.54) is 24.5 Å². The van der Waals surface area contributed by atoms with Gasteiger partial charge < -0.3 is 5.32 Å². The summed E-state index contributed by atoms with van der Waals surface area (Å²) in [5.41, 5.74) is 2.82. The number of amides is 2. The summed E-state index contributed by atoms with van der Waals surface area (Å²) < 4.78 is 0.735. The molecule has 2 N–H and O–H groups in total. The Morgan fingerprint density at radius 2 is 1.88 bits per heavy atom. The van der Waals surface area contributed by atoms with Gasteiger partial charge in [0.2, 0.25) is 5.91 Å². The van der Waals surface area contributed by atoms with Crippen LogP contribution in [0.5, 0.6) is 0 Å². The van der Waals surface area contributed by atoms with E-state index in [0.29, 0.717) is 10.7 Å². The van der Waals surface area contributed by atoms with Gasteiger partial charge in [-0.2, -0.15) is 0 Å². The van der Waals surface area contributed by atoms with Crippen molar-refractivity contribution in [2.24, 2.45) is 0 Å². The van der Waals surface area contributed by atoms with Crippen molar-refractivity contribution in [3.63, 3.8) is 0 Å². The van der Waals surface area contributed by atoms with Crippen molar-refractivity contribution in [1.82, 2.24) is 9.97 Å². The van der Waals surface area contributed by atoms with E-state index in [1.54, 1.807) is 12.3 Å². The van der Waals surface area contributed by atoms with Crippen LogP contribution in [0.15, 0.2) is 52.6 Å². The normalized spacial score (nSPS) is 10.3. The number of carbonyl (C=O) groups excluding carboxylic acids is 2. The lowest BCUT2D eigenvalue weighted by Crippen LogP contribution is -2.11. The second kappa shape index (κ2) is 7.54. The Labute approximate surface area is 156 Å². The minimum absolute atomic E-state index is 0.117. The number of anilines is 2. The smallest absolute Gasteiger partial charge is 0.259 e. The van der Waals surface area contributed by atoms with Gasteiger partial charge in [0, 0.05) is 40.4 Å². The maximum absolute atomic E-state index is 12.2. The summed E-state index contributed by atoms with van der Waals surface area (Å²) in [6.45, 7) is 1.46. The fraction of sp³-hybridized carbons (Fsp3) is 0.0588. The van der Waals surface area contributed by atoms with Gasteiger partial charge in [0.25, 0.3) is 5.91 Å². The number of nitrogens with one attached hydrogen (secondary N) is 2. The van der Waals surface area contributed by atoms with E-state index in [0.717, 1.165) is 21.4 Å². The molecule has 1 aromatic carbocycles. The minimum Gasteiger partial charge on any atom is -0.326 e. The zero-order valence-corrected chi connectivity index (χ0v) is 15.5. The number of rotatable bonds is 4. The summed E-state index contributed by atoms with van der Waals surface area (Å²) in [7, 11) is 0. The molecule has 0 radical (unpaired) electrons. The summed E-state index contributed by atoms with van der Waals surface area (Å²) in [5.74, 6) is -0.385. The highest BCUT2D eigenvalue weighted by molar-refractivity contribution is 9.10. The van der Waals surface area contributed by atoms with Gasteiger partial charge in [-0.1, -0.05) is 12.1 Å². The van der Waals surface area contributed by atoms with Crippen molar-refractivity contribution in [2.45, 2.75) is 6.92 Å². The summed E-state index contributed by atoms with van der Waals surface area (Å²) >= 11 is 4.63. The quantitative estimate of drug-likeness (QED) is 0.667. The van der Waals surface area contributed by atoms with Crippen molar-refractivity contribution in [1.29, 1.82) is 0 Å². The van der Waals surface area contributed by atoms with Crippen molar-refractivity contribution in [3.8, 4) is 11.3 Å². The number of nitrogens with zero attached hydrogens (tertiary/aromatic N) is 2. The fourth-order valence-electron chi connectivity index (χ4n) is 2.10. The molecule has 0 aliphatic carbocycles. The number of carbonyl (C=O) groups is 2. The Morgan fingerprint density at radius 3 is 2.56 bits per heavy atom. The second-order valence-corrected chi connectivity index (χ2v) is 6.92. The topological polar surface area (TPSA) is 84.0 Å². The number of hydrogen-bond donors (Lipinski definition) is 2. The lowest BCUT2D eigenvalue weighted by Gasteiger charge is -2.03. The molecule has 0 atom stereocenters. The van der Waals surface area contributed by atoms with E-state index in [-0.39, 0.29) is 11.8 Å². The number of pyridine rings is 1. The third kappa shape index (κ3) is 4.49. The second-order valence-electron chi connectivity index (χ2n) is 5.14. The van der Waals surface area contributed by atoms with Gasteiger partial charge in [0.15, 0.2) is 5.13 Å². The SMILES string of the molecule is CC(=O)Nc1ccc(-c2csc(NC(=O)c3cncc(Br)c3)n2)cc1.